The highest BCUT2D eigenvalue weighted by atomic mass is 32.1. The molecule has 3 aromatic rings. The van der Waals surface area contributed by atoms with Gasteiger partial charge in [0.05, 0.1) is 11.4 Å². The summed E-state index contributed by atoms with van der Waals surface area (Å²) in [5.74, 6) is -0.292. The summed E-state index contributed by atoms with van der Waals surface area (Å²) in [6.45, 7) is 0.134. The number of carbonyl (C=O) groups excluding carboxylic acids is 2. The smallest absolute Gasteiger partial charge is 0.258 e. The van der Waals surface area contributed by atoms with Gasteiger partial charge >= 0.3 is 0 Å². The highest BCUT2D eigenvalue weighted by Gasteiger charge is 2.19. The fourth-order valence-corrected chi connectivity index (χ4v) is 3.50. The average Bonchev–Trinajstić information content (AvgIpc) is 2.89. The van der Waals surface area contributed by atoms with Gasteiger partial charge in [0.25, 0.3) is 5.91 Å². The number of thiol groups is 1. The molecule has 0 aliphatic rings. The Kier molecular flexibility index (Phi) is 9.94. The van der Waals surface area contributed by atoms with Crippen LogP contribution in [0.1, 0.15) is 12.0 Å². The van der Waals surface area contributed by atoms with Gasteiger partial charge in [0.1, 0.15) is 6.04 Å². The lowest BCUT2D eigenvalue weighted by Crippen LogP contribution is -2.46. The first-order valence-electron chi connectivity index (χ1n) is 11.4. The Morgan fingerprint density at radius 2 is 1.69 bits per heavy atom. The number of hydrogen-bond acceptors (Lipinski definition) is 7. The molecule has 0 saturated carbocycles. The Balaban J connectivity index is 1.66. The molecule has 0 bridgehead atoms. The fraction of sp³-hybridized carbons (Fsp3) is 0.269. The number of hydrogen-bond donors (Lipinski definition) is 5. The minimum atomic E-state index is -0.805. The average molecular weight is 494 g/mol. The van der Waals surface area contributed by atoms with Gasteiger partial charge in [0, 0.05) is 23.9 Å². The van der Waals surface area contributed by atoms with Gasteiger partial charge in [-0.25, -0.2) is 4.98 Å². The van der Waals surface area contributed by atoms with Gasteiger partial charge in [0.15, 0.2) is 6.61 Å². The molecular formula is C26H31N5O3S. The number of nitrogens with zero attached hydrogens (tertiary/aromatic N) is 1. The molecular weight excluding hydrogens is 462 g/mol. The third kappa shape index (κ3) is 8.31. The van der Waals surface area contributed by atoms with Crippen LogP contribution >= 0.6 is 12.6 Å². The maximum atomic E-state index is 12.6. The van der Waals surface area contributed by atoms with Crippen LogP contribution in [0, 0.1) is 0 Å². The van der Waals surface area contributed by atoms with Crippen LogP contribution in [0.5, 0.6) is 5.88 Å². The van der Waals surface area contributed by atoms with E-state index in [2.05, 4.69) is 28.2 Å². The van der Waals surface area contributed by atoms with Crippen LogP contribution in [0.3, 0.4) is 0 Å². The Hall–Kier alpha value is -3.56. The number of aromatic nitrogens is 1. The van der Waals surface area contributed by atoms with Crippen LogP contribution in [0.4, 0.5) is 5.69 Å². The number of rotatable bonds is 13. The molecule has 35 heavy (non-hydrogen) atoms. The van der Waals surface area contributed by atoms with Crippen LogP contribution in [-0.2, 0) is 16.0 Å². The Morgan fingerprint density at radius 1 is 1.00 bits per heavy atom. The van der Waals surface area contributed by atoms with Crippen molar-refractivity contribution in [3.8, 4) is 17.1 Å². The Labute approximate surface area is 210 Å². The normalized spacial score (nSPS) is 12.4. The van der Waals surface area contributed by atoms with E-state index in [1.165, 1.54) is 0 Å². The fourth-order valence-electron chi connectivity index (χ4n) is 3.37. The molecule has 0 saturated heterocycles. The first kappa shape index (κ1) is 26.1. The highest BCUT2D eigenvalue weighted by Crippen LogP contribution is 2.27. The predicted molar refractivity (Wildman–Crippen MR) is 141 cm³/mol. The van der Waals surface area contributed by atoms with Crippen molar-refractivity contribution in [1.82, 2.24) is 10.3 Å². The van der Waals surface area contributed by atoms with Gasteiger partial charge in [-0.15, -0.1) is 0 Å². The molecule has 2 aromatic carbocycles. The maximum absolute atomic E-state index is 12.6. The van der Waals surface area contributed by atoms with E-state index in [-0.39, 0.29) is 18.5 Å². The quantitative estimate of drug-likeness (QED) is 0.232. The number of primary amides is 1. The molecule has 2 amide bonds. The maximum Gasteiger partial charge on any atom is 0.258 e. The van der Waals surface area contributed by atoms with Gasteiger partial charge in [-0.3, -0.25) is 9.59 Å². The van der Waals surface area contributed by atoms with Crippen molar-refractivity contribution in [3.63, 3.8) is 0 Å². The molecule has 0 aliphatic heterocycles. The first-order chi connectivity index (χ1) is 17.0. The van der Waals surface area contributed by atoms with Crippen LogP contribution < -0.4 is 26.8 Å². The molecule has 1 heterocycles. The minimum Gasteiger partial charge on any atom is -0.466 e. The Morgan fingerprint density at radius 3 is 2.34 bits per heavy atom. The van der Waals surface area contributed by atoms with Crippen LogP contribution in [0.15, 0.2) is 72.8 Å². The van der Waals surface area contributed by atoms with E-state index in [4.69, 9.17) is 16.2 Å². The largest absolute Gasteiger partial charge is 0.466 e. The summed E-state index contributed by atoms with van der Waals surface area (Å²) in [4.78, 5) is 29.1. The first-order valence-corrected chi connectivity index (χ1v) is 12.0. The number of ether oxygens (including phenoxy) is 1. The summed E-state index contributed by atoms with van der Waals surface area (Å²) in [5.41, 5.74) is 14.7. The molecule has 2 atom stereocenters. The second-order valence-electron chi connectivity index (χ2n) is 8.07. The number of benzene rings is 2. The number of nitrogens with one attached hydrogen (secondary N) is 2. The molecule has 184 valence electrons. The highest BCUT2D eigenvalue weighted by molar-refractivity contribution is 7.80. The predicted octanol–water partition coefficient (Wildman–Crippen LogP) is 2.40. The second kappa shape index (κ2) is 13.4. The van der Waals surface area contributed by atoms with Crippen molar-refractivity contribution in [3.05, 3.63) is 78.4 Å². The van der Waals surface area contributed by atoms with Gasteiger partial charge in [0.2, 0.25) is 11.8 Å². The Bertz CT molecular complexity index is 1100. The van der Waals surface area contributed by atoms with Gasteiger partial charge < -0.3 is 26.8 Å². The molecule has 0 radical (unpaired) electrons. The molecule has 0 aliphatic carbocycles. The van der Waals surface area contributed by atoms with E-state index in [0.29, 0.717) is 36.5 Å². The van der Waals surface area contributed by atoms with Gasteiger partial charge in [-0.1, -0.05) is 60.7 Å². The van der Waals surface area contributed by atoms with Crippen molar-refractivity contribution >= 4 is 30.1 Å². The monoisotopic (exact) mass is 493 g/mol. The second-order valence-corrected chi connectivity index (χ2v) is 8.44. The molecule has 9 heteroatoms. The van der Waals surface area contributed by atoms with E-state index >= 15 is 0 Å². The minimum absolute atomic E-state index is 0.163. The molecule has 8 nitrogen and oxygen atoms in total. The van der Waals surface area contributed by atoms with Gasteiger partial charge in [-0.2, -0.15) is 12.6 Å². The van der Waals surface area contributed by atoms with Crippen molar-refractivity contribution in [1.29, 1.82) is 0 Å². The van der Waals surface area contributed by atoms with Crippen molar-refractivity contribution in [2.45, 2.75) is 24.9 Å². The van der Waals surface area contributed by atoms with E-state index in [0.717, 1.165) is 11.1 Å². The van der Waals surface area contributed by atoms with Crippen LogP contribution in [-0.4, -0.2) is 47.8 Å². The molecule has 0 fully saturated rings. The number of nitrogens with two attached hydrogens (primary N) is 2. The van der Waals surface area contributed by atoms with E-state index in [1.54, 1.807) is 0 Å². The van der Waals surface area contributed by atoms with E-state index < -0.39 is 17.9 Å². The summed E-state index contributed by atoms with van der Waals surface area (Å²) >= 11 is 4.21. The molecule has 1 unspecified atom stereocenters. The topological polar surface area (TPSA) is 132 Å². The summed E-state index contributed by atoms with van der Waals surface area (Å²) < 4.78 is 5.77. The van der Waals surface area contributed by atoms with Crippen LogP contribution in [0.2, 0.25) is 0 Å². The molecule has 3 rings (SSSR count). The molecule has 0 spiro atoms. The van der Waals surface area contributed by atoms with E-state index in [1.807, 2.05) is 72.8 Å². The number of amides is 2. The number of carbonyl (C=O) groups is 2. The van der Waals surface area contributed by atoms with Crippen LogP contribution in [0.25, 0.3) is 11.3 Å². The third-order valence-corrected chi connectivity index (χ3v) is 5.77. The number of anilines is 1. The summed E-state index contributed by atoms with van der Waals surface area (Å²) in [6.07, 6.45) is 0.997. The van der Waals surface area contributed by atoms with Crippen molar-refractivity contribution in [2.75, 3.05) is 24.2 Å². The zero-order valence-corrected chi connectivity index (χ0v) is 20.3. The van der Waals surface area contributed by atoms with Crippen molar-refractivity contribution in [2.24, 2.45) is 11.5 Å². The standard InChI is InChI=1S/C26H31N5O3S/c27-20(17-35)15-29-23-14-13-21(19-9-5-2-6-10-19)31-26(23)34-16-24(32)30-22(25(28)33)12-11-18-7-3-1-4-8-18/h1-10,13-14,20,22,29,35H,11-12,15-17,27H2,(H2,28,33)(H,30,32)/t20?,22-/m0/s1. The lowest BCUT2D eigenvalue weighted by Gasteiger charge is -2.18. The van der Waals surface area contributed by atoms with Gasteiger partial charge in [-0.05, 0) is 30.5 Å². The summed E-state index contributed by atoms with van der Waals surface area (Å²) in [7, 11) is 0. The zero-order chi connectivity index (χ0) is 25.0. The molecule has 6 N–H and O–H groups in total. The lowest BCUT2D eigenvalue weighted by molar-refractivity contribution is -0.128. The number of pyridine rings is 1. The molecule has 1 aromatic heterocycles. The van der Waals surface area contributed by atoms with Crippen molar-refractivity contribution < 1.29 is 14.3 Å². The SMILES string of the molecule is NC(=O)[C@H](CCc1ccccc1)NC(=O)COc1nc(-c2ccccc2)ccc1NCC(N)CS. The van der Waals surface area contributed by atoms with E-state index in [9.17, 15) is 9.59 Å². The zero-order valence-electron chi connectivity index (χ0n) is 19.4. The third-order valence-electron chi connectivity index (χ3n) is 5.30. The lowest BCUT2D eigenvalue weighted by atomic mass is 10.0. The number of aryl methyl sites for hydroxylation is 1. The summed E-state index contributed by atoms with van der Waals surface area (Å²) in [5, 5.41) is 5.86. The summed E-state index contributed by atoms with van der Waals surface area (Å²) in [6, 6.07) is 22.1.